The number of hydrogen-bond donors (Lipinski definition) is 2. The predicted octanol–water partition coefficient (Wildman–Crippen LogP) is 2.54. The summed E-state index contributed by atoms with van der Waals surface area (Å²) in [5.74, 6) is -0.319. The van der Waals surface area contributed by atoms with Crippen LogP contribution in [0.1, 0.15) is 5.56 Å². The third-order valence-corrected chi connectivity index (χ3v) is 5.46. The normalized spacial score (nSPS) is 12.2. The van der Waals surface area contributed by atoms with Gasteiger partial charge in [-0.15, -0.1) is 6.58 Å². The van der Waals surface area contributed by atoms with Gasteiger partial charge in [-0.05, 0) is 30.2 Å². The number of rotatable bonds is 9. The monoisotopic (exact) mass is 408 g/mol. The first-order chi connectivity index (χ1) is 12.9. The summed E-state index contributed by atoms with van der Waals surface area (Å²) in [4.78, 5) is 12.4. The highest BCUT2D eigenvalue weighted by molar-refractivity contribution is 7.89. The number of amides is 1. The minimum Gasteiger partial charge on any atom is -0.495 e. The Bertz CT molecular complexity index is 901. The van der Waals surface area contributed by atoms with Crippen LogP contribution in [0.3, 0.4) is 0 Å². The molecule has 8 heteroatoms. The summed E-state index contributed by atoms with van der Waals surface area (Å²) in [5.41, 5.74) is 0.817. The Balaban J connectivity index is 2.34. The van der Waals surface area contributed by atoms with E-state index in [0.717, 1.165) is 5.56 Å². The van der Waals surface area contributed by atoms with Crippen molar-refractivity contribution in [1.29, 1.82) is 0 Å². The number of carbonyl (C=O) groups excluding carboxylic acids is 1. The van der Waals surface area contributed by atoms with Crippen molar-refractivity contribution in [3.63, 3.8) is 0 Å². The summed E-state index contributed by atoms with van der Waals surface area (Å²) in [7, 11) is -2.70. The van der Waals surface area contributed by atoms with Crippen molar-refractivity contribution in [1.82, 2.24) is 10.0 Å². The van der Waals surface area contributed by atoms with Gasteiger partial charge in [-0.1, -0.05) is 48.0 Å². The van der Waals surface area contributed by atoms with Crippen molar-refractivity contribution in [3.8, 4) is 5.75 Å². The van der Waals surface area contributed by atoms with Gasteiger partial charge in [-0.25, -0.2) is 8.42 Å². The van der Waals surface area contributed by atoms with Crippen molar-refractivity contribution >= 4 is 27.5 Å². The van der Waals surface area contributed by atoms with Crippen LogP contribution in [-0.4, -0.2) is 34.0 Å². The molecule has 2 N–H and O–H groups in total. The topological polar surface area (TPSA) is 84.5 Å². The maximum absolute atomic E-state index is 12.9. The van der Waals surface area contributed by atoms with Crippen molar-refractivity contribution in [2.24, 2.45) is 0 Å². The van der Waals surface area contributed by atoms with Gasteiger partial charge in [0.05, 0.1) is 7.11 Å². The van der Waals surface area contributed by atoms with Gasteiger partial charge in [0.2, 0.25) is 15.9 Å². The van der Waals surface area contributed by atoms with Crippen LogP contribution in [0.5, 0.6) is 5.75 Å². The molecular weight excluding hydrogens is 388 g/mol. The lowest BCUT2D eigenvalue weighted by molar-refractivity contribution is -0.122. The maximum atomic E-state index is 12.9. The van der Waals surface area contributed by atoms with E-state index in [-0.39, 0.29) is 28.6 Å². The Morgan fingerprint density at radius 2 is 1.96 bits per heavy atom. The molecule has 0 saturated carbocycles. The smallest absolute Gasteiger partial charge is 0.245 e. The van der Waals surface area contributed by atoms with Gasteiger partial charge < -0.3 is 10.1 Å². The lowest BCUT2D eigenvalue weighted by Crippen LogP contribution is -2.48. The van der Waals surface area contributed by atoms with Crippen molar-refractivity contribution in [3.05, 3.63) is 71.8 Å². The molecule has 0 aliphatic carbocycles. The average Bonchev–Trinajstić information content (AvgIpc) is 2.66. The number of carbonyl (C=O) groups is 1. The molecule has 0 fully saturated rings. The first-order valence-electron chi connectivity index (χ1n) is 8.15. The predicted molar refractivity (Wildman–Crippen MR) is 105 cm³/mol. The van der Waals surface area contributed by atoms with Crippen LogP contribution in [-0.2, 0) is 21.2 Å². The standard InChI is InChI=1S/C19H21ClN2O4S/c1-3-11-21-19(23)16(12-14-7-5-4-6-8-14)22-27(24,25)18-13-15(20)9-10-17(18)26-2/h3-10,13,16,22H,1,11-12H2,2H3,(H,21,23). The van der Waals surface area contributed by atoms with Gasteiger partial charge in [0.1, 0.15) is 16.7 Å². The Hall–Kier alpha value is -2.35. The van der Waals surface area contributed by atoms with Gasteiger partial charge in [-0.3, -0.25) is 4.79 Å². The Morgan fingerprint density at radius 3 is 2.59 bits per heavy atom. The molecule has 0 radical (unpaired) electrons. The van der Waals surface area contributed by atoms with Crippen LogP contribution in [0.15, 0.2) is 66.1 Å². The average molecular weight is 409 g/mol. The van der Waals surface area contributed by atoms with Crippen molar-refractivity contribution < 1.29 is 17.9 Å². The first-order valence-corrected chi connectivity index (χ1v) is 10.0. The highest BCUT2D eigenvalue weighted by atomic mass is 35.5. The molecule has 0 spiro atoms. The number of hydrogen-bond acceptors (Lipinski definition) is 4. The fourth-order valence-electron chi connectivity index (χ4n) is 2.44. The molecule has 27 heavy (non-hydrogen) atoms. The van der Waals surface area contributed by atoms with Crippen LogP contribution < -0.4 is 14.8 Å². The molecule has 0 bridgehead atoms. The fourth-order valence-corrected chi connectivity index (χ4v) is 4.07. The van der Waals surface area contributed by atoms with Crippen LogP contribution in [0.2, 0.25) is 5.02 Å². The van der Waals surface area contributed by atoms with Gasteiger partial charge in [0, 0.05) is 11.6 Å². The van der Waals surface area contributed by atoms with E-state index < -0.39 is 22.0 Å². The molecule has 2 rings (SSSR count). The lowest BCUT2D eigenvalue weighted by Gasteiger charge is -2.19. The maximum Gasteiger partial charge on any atom is 0.245 e. The lowest BCUT2D eigenvalue weighted by atomic mass is 10.1. The van der Waals surface area contributed by atoms with Crippen LogP contribution in [0.4, 0.5) is 0 Å². The second-order valence-electron chi connectivity index (χ2n) is 5.69. The third kappa shape index (κ3) is 5.82. The van der Waals surface area contributed by atoms with Crippen molar-refractivity contribution in [2.75, 3.05) is 13.7 Å². The van der Waals surface area contributed by atoms with E-state index in [9.17, 15) is 13.2 Å². The van der Waals surface area contributed by atoms with Gasteiger partial charge in [-0.2, -0.15) is 4.72 Å². The number of methoxy groups -OCH3 is 1. The van der Waals surface area contributed by atoms with Crippen LogP contribution in [0.25, 0.3) is 0 Å². The molecule has 6 nitrogen and oxygen atoms in total. The Kier molecular flexibility index (Phi) is 7.41. The number of benzene rings is 2. The molecule has 0 saturated heterocycles. The fraction of sp³-hybridized carbons (Fsp3) is 0.211. The summed E-state index contributed by atoms with van der Waals surface area (Å²) >= 11 is 5.94. The van der Waals surface area contributed by atoms with E-state index in [1.165, 1.54) is 31.4 Å². The zero-order chi connectivity index (χ0) is 19.9. The van der Waals surface area contributed by atoms with E-state index in [4.69, 9.17) is 16.3 Å². The molecule has 0 aliphatic heterocycles. The summed E-state index contributed by atoms with van der Waals surface area (Å²) in [5, 5.41) is 2.87. The molecule has 0 aromatic heterocycles. The van der Waals surface area contributed by atoms with E-state index in [1.54, 1.807) is 0 Å². The molecule has 2 aromatic carbocycles. The molecule has 0 heterocycles. The molecule has 2 aromatic rings. The molecule has 1 atom stereocenters. The molecule has 0 aliphatic rings. The molecule has 144 valence electrons. The van der Waals surface area contributed by atoms with Gasteiger partial charge in [0.25, 0.3) is 0 Å². The summed E-state index contributed by atoms with van der Waals surface area (Å²) in [6, 6.07) is 12.4. The summed E-state index contributed by atoms with van der Waals surface area (Å²) in [6.45, 7) is 3.77. The Morgan fingerprint density at radius 1 is 1.26 bits per heavy atom. The molecule has 1 unspecified atom stereocenters. The SMILES string of the molecule is C=CCNC(=O)C(Cc1ccccc1)NS(=O)(=O)c1cc(Cl)ccc1OC. The van der Waals surface area contributed by atoms with E-state index in [1.807, 2.05) is 30.3 Å². The summed E-state index contributed by atoms with van der Waals surface area (Å²) in [6.07, 6.45) is 1.71. The van der Waals surface area contributed by atoms with Crippen molar-refractivity contribution in [2.45, 2.75) is 17.4 Å². The second-order valence-corrected chi connectivity index (χ2v) is 7.81. The van der Waals surface area contributed by atoms with Crippen LogP contribution in [0, 0.1) is 0 Å². The second kappa shape index (κ2) is 9.55. The van der Waals surface area contributed by atoms with E-state index in [2.05, 4.69) is 16.6 Å². The number of sulfonamides is 1. The largest absolute Gasteiger partial charge is 0.495 e. The third-order valence-electron chi connectivity index (χ3n) is 3.73. The zero-order valence-electron chi connectivity index (χ0n) is 14.8. The number of ether oxygens (including phenoxy) is 1. The number of nitrogens with one attached hydrogen (secondary N) is 2. The van der Waals surface area contributed by atoms with Gasteiger partial charge >= 0.3 is 0 Å². The van der Waals surface area contributed by atoms with E-state index >= 15 is 0 Å². The first kappa shape index (κ1) is 21.0. The quantitative estimate of drug-likeness (QED) is 0.624. The van der Waals surface area contributed by atoms with Crippen LogP contribution >= 0.6 is 11.6 Å². The highest BCUT2D eigenvalue weighted by Crippen LogP contribution is 2.27. The molecular formula is C19H21ClN2O4S. The number of halogens is 1. The summed E-state index contributed by atoms with van der Waals surface area (Å²) < 4.78 is 33.4. The Labute approximate surface area is 164 Å². The highest BCUT2D eigenvalue weighted by Gasteiger charge is 2.28. The zero-order valence-corrected chi connectivity index (χ0v) is 16.4. The molecule has 1 amide bonds. The minimum absolute atomic E-state index is 0.132. The van der Waals surface area contributed by atoms with E-state index in [0.29, 0.717) is 0 Å². The van der Waals surface area contributed by atoms with Gasteiger partial charge in [0.15, 0.2) is 0 Å². The minimum atomic E-state index is -4.06.